The number of aromatic amines is 1. The second-order valence-corrected chi connectivity index (χ2v) is 1.95. The highest BCUT2D eigenvalue weighted by Crippen LogP contribution is 1.95. The monoisotopic (exact) mass is 154 g/mol. The molecule has 0 saturated heterocycles. The number of carbonyl (C=O) groups excluding carboxylic acids is 1. The van der Waals surface area contributed by atoms with Gasteiger partial charge in [0.25, 0.3) is 0 Å². The number of hydrogen-bond donors (Lipinski definition) is 3. The smallest absolute Gasteiger partial charge is 0.320 e. The minimum atomic E-state index is -0.225. The van der Waals surface area contributed by atoms with Crippen molar-refractivity contribution >= 4 is 11.8 Å². The van der Waals surface area contributed by atoms with E-state index < -0.39 is 0 Å². The van der Waals surface area contributed by atoms with Crippen molar-refractivity contribution in [2.75, 3.05) is 11.9 Å². The molecule has 1 aromatic rings. The van der Waals surface area contributed by atoms with Crippen molar-refractivity contribution in [2.24, 2.45) is 0 Å². The molecule has 5 nitrogen and oxygen atoms in total. The first kappa shape index (κ1) is 7.59. The van der Waals surface area contributed by atoms with E-state index in [1.807, 2.05) is 6.92 Å². The number of nitrogens with zero attached hydrogens (tertiary/aromatic N) is 1. The Morgan fingerprint density at radius 3 is 3.18 bits per heavy atom. The molecule has 2 amide bonds. The Labute approximate surface area is 64.2 Å². The van der Waals surface area contributed by atoms with Crippen molar-refractivity contribution in [3.8, 4) is 0 Å². The fraction of sp³-hybridized carbons (Fsp3) is 0.333. The summed E-state index contributed by atoms with van der Waals surface area (Å²) in [6.45, 7) is 2.46. The van der Waals surface area contributed by atoms with Gasteiger partial charge in [-0.1, -0.05) is 0 Å². The summed E-state index contributed by atoms with van der Waals surface area (Å²) in [4.78, 5) is 17.3. The van der Waals surface area contributed by atoms with Gasteiger partial charge in [-0.2, -0.15) is 0 Å². The van der Waals surface area contributed by atoms with Gasteiger partial charge in [-0.25, -0.2) is 9.78 Å². The Balaban J connectivity index is 2.37. The molecule has 0 atom stereocenters. The largest absolute Gasteiger partial charge is 0.338 e. The molecule has 1 aromatic heterocycles. The van der Waals surface area contributed by atoms with Crippen LogP contribution in [-0.2, 0) is 0 Å². The maximum atomic E-state index is 10.8. The van der Waals surface area contributed by atoms with Gasteiger partial charge in [0.2, 0.25) is 0 Å². The fourth-order valence-corrected chi connectivity index (χ4v) is 0.651. The summed E-state index contributed by atoms with van der Waals surface area (Å²) < 4.78 is 0. The molecular weight excluding hydrogens is 144 g/mol. The first-order chi connectivity index (χ1) is 5.33. The number of anilines is 1. The molecule has 1 rings (SSSR count). The number of nitrogens with one attached hydrogen (secondary N) is 3. The third kappa shape index (κ3) is 2.29. The molecule has 0 aliphatic carbocycles. The van der Waals surface area contributed by atoms with Crippen LogP contribution in [0, 0.1) is 0 Å². The second-order valence-electron chi connectivity index (χ2n) is 1.95. The molecule has 0 saturated carbocycles. The lowest BCUT2D eigenvalue weighted by Crippen LogP contribution is -2.28. The highest BCUT2D eigenvalue weighted by Gasteiger charge is 1.98. The summed E-state index contributed by atoms with van der Waals surface area (Å²) in [6.07, 6.45) is 3.04. The molecule has 0 fully saturated rings. The third-order valence-corrected chi connectivity index (χ3v) is 1.08. The van der Waals surface area contributed by atoms with Crippen LogP contribution in [0.15, 0.2) is 12.5 Å². The van der Waals surface area contributed by atoms with Crippen molar-refractivity contribution in [1.82, 2.24) is 15.3 Å². The number of amides is 2. The van der Waals surface area contributed by atoms with E-state index in [0.29, 0.717) is 12.4 Å². The van der Waals surface area contributed by atoms with Gasteiger partial charge in [0.05, 0.1) is 12.5 Å². The lowest BCUT2D eigenvalue weighted by Gasteiger charge is -2.01. The predicted octanol–water partition coefficient (Wildman–Crippen LogP) is 0.551. The van der Waals surface area contributed by atoms with Crippen molar-refractivity contribution < 1.29 is 4.79 Å². The zero-order valence-corrected chi connectivity index (χ0v) is 6.22. The molecular formula is C6H10N4O. The fourth-order valence-electron chi connectivity index (χ4n) is 0.651. The zero-order chi connectivity index (χ0) is 8.10. The number of aromatic nitrogens is 2. The van der Waals surface area contributed by atoms with E-state index in [1.54, 1.807) is 0 Å². The maximum Gasteiger partial charge on any atom is 0.320 e. The molecule has 11 heavy (non-hydrogen) atoms. The molecule has 1 heterocycles. The van der Waals surface area contributed by atoms with Crippen LogP contribution >= 0.6 is 0 Å². The van der Waals surface area contributed by atoms with E-state index >= 15 is 0 Å². The first-order valence-corrected chi connectivity index (χ1v) is 3.36. The molecule has 5 heteroatoms. The van der Waals surface area contributed by atoms with Crippen LogP contribution in [0.25, 0.3) is 0 Å². The maximum absolute atomic E-state index is 10.8. The summed E-state index contributed by atoms with van der Waals surface area (Å²) in [5, 5.41) is 5.14. The number of carbonyl (C=O) groups is 1. The van der Waals surface area contributed by atoms with E-state index in [9.17, 15) is 4.79 Å². The van der Waals surface area contributed by atoms with Crippen LogP contribution < -0.4 is 10.6 Å². The molecule has 60 valence electrons. The van der Waals surface area contributed by atoms with Gasteiger partial charge in [-0.05, 0) is 6.92 Å². The van der Waals surface area contributed by atoms with E-state index in [4.69, 9.17) is 0 Å². The first-order valence-electron chi connectivity index (χ1n) is 3.36. The molecule has 0 unspecified atom stereocenters. The van der Waals surface area contributed by atoms with Gasteiger partial charge in [0.15, 0.2) is 0 Å². The standard InChI is InChI=1S/C6H10N4O/c1-2-8-6(11)10-5-3-7-4-9-5/h3-4H,2H2,1H3,(H,7,9)(H2,8,10,11). The summed E-state index contributed by atoms with van der Waals surface area (Å²) in [5.41, 5.74) is 0. The summed E-state index contributed by atoms with van der Waals surface area (Å²) >= 11 is 0. The van der Waals surface area contributed by atoms with Crippen LogP contribution in [0.2, 0.25) is 0 Å². The zero-order valence-electron chi connectivity index (χ0n) is 6.22. The van der Waals surface area contributed by atoms with Crippen LogP contribution in [-0.4, -0.2) is 22.5 Å². The quantitative estimate of drug-likeness (QED) is 0.582. The SMILES string of the molecule is CCNC(=O)Nc1cnc[nH]1. The highest BCUT2D eigenvalue weighted by atomic mass is 16.2. The summed E-state index contributed by atoms with van der Waals surface area (Å²) in [5.74, 6) is 0.593. The van der Waals surface area contributed by atoms with Gasteiger partial charge in [0, 0.05) is 6.54 Å². The van der Waals surface area contributed by atoms with Gasteiger partial charge < -0.3 is 10.3 Å². The van der Waals surface area contributed by atoms with Crippen LogP contribution in [0.5, 0.6) is 0 Å². The average molecular weight is 154 g/mol. The van der Waals surface area contributed by atoms with E-state index in [0.717, 1.165) is 0 Å². The molecule has 0 bridgehead atoms. The topological polar surface area (TPSA) is 69.8 Å². The predicted molar refractivity (Wildman–Crippen MR) is 41.3 cm³/mol. The Hall–Kier alpha value is -1.52. The second kappa shape index (κ2) is 3.60. The normalized spacial score (nSPS) is 9.18. The summed E-state index contributed by atoms with van der Waals surface area (Å²) in [7, 11) is 0. The molecule has 3 N–H and O–H groups in total. The minimum absolute atomic E-state index is 0.225. The molecule has 0 radical (unpaired) electrons. The number of H-pyrrole nitrogens is 1. The minimum Gasteiger partial charge on any atom is -0.338 e. The lowest BCUT2D eigenvalue weighted by molar-refractivity contribution is 0.252. The van der Waals surface area contributed by atoms with Gasteiger partial charge in [0.1, 0.15) is 5.82 Å². The molecule has 0 aliphatic heterocycles. The summed E-state index contributed by atoms with van der Waals surface area (Å²) in [6, 6.07) is -0.225. The van der Waals surface area contributed by atoms with Crippen LogP contribution in [0.4, 0.5) is 10.6 Å². The van der Waals surface area contributed by atoms with Gasteiger partial charge >= 0.3 is 6.03 Å². The van der Waals surface area contributed by atoms with Gasteiger partial charge in [-0.3, -0.25) is 5.32 Å². The van der Waals surface area contributed by atoms with E-state index in [2.05, 4.69) is 20.6 Å². The van der Waals surface area contributed by atoms with E-state index in [1.165, 1.54) is 12.5 Å². The Bertz CT molecular complexity index is 218. The van der Waals surface area contributed by atoms with Crippen molar-refractivity contribution in [2.45, 2.75) is 6.92 Å². The number of urea groups is 1. The van der Waals surface area contributed by atoms with Crippen molar-refractivity contribution in [3.05, 3.63) is 12.5 Å². The van der Waals surface area contributed by atoms with Crippen molar-refractivity contribution in [3.63, 3.8) is 0 Å². The Kier molecular flexibility index (Phi) is 2.48. The average Bonchev–Trinajstić information content (AvgIpc) is 2.40. The van der Waals surface area contributed by atoms with Crippen LogP contribution in [0.3, 0.4) is 0 Å². The highest BCUT2D eigenvalue weighted by molar-refractivity contribution is 5.87. The van der Waals surface area contributed by atoms with Crippen molar-refractivity contribution in [1.29, 1.82) is 0 Å². The molecule has 0 aliphatic rings. The van der Waals surface area contributed by atoms with Crippen LogP contribution in [0.1, 0.15) is 6.92 Å². The lowest BCUT2D eigenvalue weighted by atomic mass is 10.7. The Morgan fingerprint density at radius 1 is 1.82 bits per heavy atom. The number of rotatable bonds is 2. The van der Waals surface area contributed by atoms with E-state index in [-0.39, 0.29) is 6.03 Å². The number of imidazole rings is 1. The van der Waals surface area contributed by atoms with Gasteiger partial charge in [-0.15, -0.1) is 0 Å². The third-order valence-electron chi connectivity index (χ3n) is 1.08. The number of hydrogen-bond acceptors (Lipinski definition) is 2. The molecule has 0 aromatic carbocycles. The Morgan fingerprint density at radius 2 is 2.64 bits per heavy atom. The molecule has 0 spiro atoms.